The van der Waals surface area contributed by atoms with E-state index in [0.717, 1.165) is 5.56 Å². The molecule has 0 aliphatic rings. The number of sulfonamides is 1. The maximum absolute atomic E-state index is 12.6. The fourth-order valence-corrected chi connectivity index (χ4v) is 4.14. The zero-order valence-corrected chi connectivity index (χ0v) is 18.5. The van der Waals surface area contributed by atoms with Gasteiger partial charge in [0.05, 0.1) is 10.6 Å². The van der Waals surface area contributed by atoms with Crippen molar-refractivity contribution in [3.05, 3.63) is 77.7 Å². The summed E-state index contributed by atoms with van der Waals surface area (Å²) in [5, 5.41) is 19.8. The van der Waals surface area contributed by atoms with Crippen molar-refractivity contribution in [2.24, 2.45) is 0 Å². The fraction of sp³-hybridized carbons (Fsp3) is 0.0909. The maximum Gasteiger partial charge on any atom is 0.273 e. The second-order valence-electron chi connectivity index (χ2n) is 7.30. The Kier molecular flexibility index (Phi) is 5.80. The second kappa shape index (κ2) is 8.71. The van der Waals surface area contributed by atoms with Gasteiger partial charge >= 0.3 is 0 Å². The molecular formula is C22H20N6O4S. The van der Waals surface area contributed by atoms with Crippen LogP contribution in [-0.2, 0) is 10.0 Å². The van der Waals surface area contributed by atoms with Gasteiger partial charge in [0, 0.05) is 23.6 Å². The number of anilines is 2. The lowest BCUT2D eigenvalue weighted by atomic mass is 10.0. The van der Waals surface area contributed by atoms with Crippen LogP contribution in [0.15, 0.2) is 65.8 Å². The summed E-state index contributed by atoms with van der Waals surface area (Å²) in [6.07, 6.45) is 2.84. The van der Waals surface area contributed by atoms with Gasteiger partial charge in [0.25, 0.3) is 15.9 Å². The predicted octanol–water partition coefficient (Wildman–Crippen LogP) is 3.24. The van der Waals surface area contributed by atoms with E-state index in [2.05, 4.69) is 30.2 Å². The SMILES string of the molecule is Cc1cc(C)c(O)c(-c2cc(C(=O)Nc3ccc(S(=O)(=O)Nc4ncccn4)cc3)[nH]n2)c1. The van der Waals surface area contributed by atoms with E-state index in [4.69, 9.17) is 0 Å². The standard InChI is InChI=1S/C22H20N6O4S/c1-13-10-14(2)20(29)17(11-13)18-12-19(27-26-18)21(30)25-15-4-6-16(7-5-15)33(31,32)28-22-23-8-3-9-24-22/h3-12,29H,1-2H3,(H,25,30)(H,26,27)(H,23,24,28). The van der Waals surface area contributed by atoms with Gasteiger partial charge in [0.1, 0.15) is 11.4 Å². The van der Waals surface area contributed by atoms with Gasteiger partial charge in [0.2, 0.25) is 5.95 Å². The van der Waals surface area contributed by atoms with Crippen LogP contribution in [0.3, 0.4) is 0 Å². The lowest BCUT2D eigenvalue weighted by Gasteiger charge is -2.08. The van der Waals surface area contributed by atoms with Gasteiger partial charge in [-0.25, -0.2) is 23.1 Å². The summed E-state index contributed by atoms with van der Waals surface area (Å²) in [5.41, 5.74) is 3.19. The molecular weight excluding hydrogens is 444 g/mol. The number of carbonyl (C=O) groups excluding carboxylic acids is 1. The van der Waals surface area contributed by atoms with Gasteiger partial charge < -0.3 is 10.4 Å². The van der Waals surface area contributed by atoms with Crippen LogP contribution in [0.2, 0.25) is 0 Å². The molecule has 2 heterocycles. The quantitative estimate of drug-likeness (QED) is 0.342. The molecule has 4 N–H and O–H groups in total. The first kappa shape index (κ1) is 22.0. The molecule has 11 heteroatoms. The van der Waals surface area contributed by atoms with Gasteiger partial charge in [-0.05, 0) is 67.4 Å². The van der Waals surface area contributed by atoms with Crippen molar-refractivity contribution < 1.29 is 18.3 Å². The molecule has 0 saturated heterocycles. The van der Waals surface area contributed by atoms with Crippen molar-refractivity contribution >= 4 is 27.6 Å². The predicted molar refractivity (Wildman–Crippen MR) is 122 cm³/mol. The highest BCUT2D eigenvalue weighted by Crippen LogP contribution is 2.32. The number of hydrogen-bond donors (Lipinski definition) is 4. The van der Waals surface area contributed by atoms with E-state index in [1.165, 1.54) is 42.7 Å². The second-order valence-corrected chi connectivity index (χ2v) is 8.98. The van der Waals surface area contributed by atoms with Crippen LogP contribution in [0.25, 0.3) is 11.3 Å². The molecule has 4 aromatic rings. The zero-order chi connectivity index (χ0) is 23.6. The summed E-state index contributed by atoms with van der Waals surface area (Å²) in [7, 11) is -3.88. The van der Waals surface area contributed by atoms with E-state index in [0.29, 0.717) is 22.5 Å². The first-order valence-electron chi connectivity index (χ1n) is 9.80. The van der Waals surface area contributed by atoms with E-state index >= 15 is 0 Å². The number of nitrogens with zero attached hydrogens (tertiary/aromatic N) is 3. The first-order chi connectivity index (χ1) is 15.7. The number of aromatic nitrogens is 4. The first-order valence-corrected chi connectivity index (χ1v) is 11.3. The number of hydrogen-bond acceptors (Lipinski definition) is 7. The number of rotatable bonds is 6. The van der Waals surface area contributed by atoms with Crippen molar-refractivity contribution in [3.8, 4) is 17.0 Å². The number of H-pyrrole nitrogens is 1. The average Bonchev–Trinajstić information content (AvgIpc) is 3.27. The Morgan fingerprint density at radius 3 is 2.42 bits per heavy atom. The molecule has 2 aromatic heterocycles. The third-order valence-electron chi connectivity index (χ3n) is 4.76. The third-order valence-corrected chi connectivity index (χ3v) is 6.10. The molecule has 0 aliphatic heterocycles. The monoisotopic (exact) mass is 464 g/mol. The van der Waals surface area contributed by atoms with Crippen LogP contribution in [0.5, 0.6) is 5.75 Å². The molecule has 0 radical (unpaired) electrons. The topological polar surface area (TPSA) is 150 Å². The van der Waals surface area contributed by atoms with Gasteiger partial charge in [-0.2, -0.15) is 5.10 Å². The number of amides is 1. The molecule has 0 bridgehead atoms. The van der Waals surface area contributed by atoms with E-state index in [-0.39, 0.29) is 22.3 Å². The summed E-state index contributed by atoms with van der Waals surface area (Å²) in [6, 6.07) is 12.4. The molecule has 2 aromatic carbocycles. The highest BCUT2D eigenvalue weighted by atomic mass is 32.2. The number of phenols is 1. The Labute approximate surface area is 189 Å². The number of aryl methyl sites for hydroxylation is 2. The average molecular weight is 465 g/mol. The molecule has 168 valence electrons. The van der Waals surface area contributed by atoms with Crippen LogP contribution in [0.1, 0.15) is 21.6 Å². The van der Waals surface area contributed by atoms with Crippen LogP contribution >= 0.6 is 0 Å². The van der Waals surface area contributed by atoms with Gasteiger partial charge in [-0.3, -0.25) is 9.89 Å². The summed E-state index contributed by atoms with van der Waals surface area (Å²) in [4.78, 5) is 20.3. The van der Waals surface area contributed by atoms with Crippen LogP contribution in [-0.4, -0.2) is 39.6 Å². The molecule has 0 spiro atoms. The lowest BCUT2D eigenvalue weighted by molar-refractivity contribution is 0.102. The van der Waals surface area contributed by atoms with Crippen molar-refractivity contribution in [2.75, 3.05) is 10.0 Å². The maximum atomic E-state index is 12.6. The van der Waals surface area contributed by atoms with E-state index < -0.39 is 15.9 Å². The highest BCUT2D eigenvalue weighted by Gasteiger charge is 2.17. The normalized spacial score (nSPS) is 11.2. The molecule has 0 atom stereocenters. The molecule has 10 nitrogen and oxygen atoms in total. The van der Waals surface area contributed by atoms with Crippen LogP contribution in [0, 0.1) is 13.8 Å². The van der Waals surface area contributed by atoms with Crippen LogP contribution < -0.4 is 10.0 Å². The zero-order valence-electron chi connectivity index (χ0n) is 17.7. The highest BCUT2D eigenvalue weighted by molar-refractivity contribution is 7.92. The Morgan fingerprint density at radius 2 is 1.73 bits per heavy atom. The third kappa shape index (κ3) is 4.83. The minimum Gasteiger partial charge on any atom is -0.507 e. The number of phenolic OH excluding ortho intramolecular Hbond substituents is 1. The van der Waals surface area contributed by atoms with Crippen molar-refractivity contribution in [1.29, 1.82) is 0 Å². The molecule has 0 aliphatic carbocycles. The number of aromatic amines is 1. The molecule has 0 saturated carbocycles. The molecule has 4 rings (SSSR count). The number of carbonyl (C=O) groups is 1. The van der Waals surface area contributed by atoms with Crippen molar-refractivity contribution in [1.82, 2.24) is 20.2 Å². The smallest absolute Gasteiger partial charge is 0.273 e. The van der Waals surface area contributed by atoms with Gasteiger partial charge in [-0.15, -0.1) is 0 Å². The number of nitrogens with one attached hydrogen (secondary N) is 3. The van der Waals surface area contributed by atoms with Gasteiger partial charge in [0.15, 0.2) is 0 Å². The number of benzene rings is 2. The molecule has 33 heavy (non-hydrogen) atoms. The summed E-state index contributed by atoms with van der Waals surface area (Å²) >= 11 is 0. The van der Waals surface area contributed by atoms with E-state index in [1.54, 1.807) is 19.1 Å². The van der Waals surface area contributed by atoms with Crippen LogP contribution in [0.4, 0.5) is 11.6 Å². The van der Waals surface area contributed by atoms with Crippen molar-refractivity contribution in [2.45, 2.75) is 18.7 Å². The number of aromatic hydroxyl groups is 1. The van der Waals surface area contributed by atoms with Crippen molar-refractivity contribution in [3.63, 3.8) is 0 Å². The largest absolute Gasteiger partial charge is 0.507 e. The summed E-state index contributed by atoms with van der Waals surface area (Å²) < 4.78 is 27.2. The Hall–Kier alpha value is -4.25. The van der Waals surface area contributed by atoms with Gasteiger partial charge in [-0.1, -0.05) is 6.07 Å². The minimum absolute atomic E-state index is 0.0120. The Morgan fingerprint density at radius 1 is 1.03 bits per heavy atom. The summed E-state index contributed by atoms with van der Waals surface area (Å²) in [6.45, 7) is 3.70. The fourth-order valence-electron chi connectivity index (χ4n) is 3.18. The molecule has 0 unspecified atom stereocenters. The Bertz CT molecular complexity index is 1420. The van der Waals surface area contributed by atoms with E-state index in [9.17, 15) is 18.3 Å². The summed E-state index contributed by atoms with van der Waals surface area (Å²) in [5.74, 6) is -0.408. The lowest BCUT2D eigenvalue weighted by Crippen LogP contribution is -2.15. The molecule has 0 fully saturated rings. The minimum atomic E-state index is -3.88. The molecule has 1 amide bonds. The van der Waals surface area contributed by atoms with E-state index in [1.807, 2.05) is 13.0 Å². The Balaban J connectivity index is 1.48.